The Morgan fingerprint density at radius 1 is 1.03 bits per heavy atom. The Balaban J connectivity index is 1.32. The van der Waals surface area contributed by atoms with Gasteiger partial charge < -0.3 is 23.9 Å². The van der Waals surface area contributed by atoms with E-state index in [1.165, 1.54) is 17.6 Å². The highest BCUT2D eigenvalue weighted by atomic mass is 16.5. The predicted octanol–water partition coefficient (Wildman–Crippen LogP) is 2.37. The first-order valence-electron chi connectivity index (χ1n) is 11.3. The molecule has 0 aliphatic carbocycles. The van der Waals surface area contributed by atoms with E-state index in [2.05, 4.69) is 34.2 Å². The lowest BCUT2D eigenvalue weighted by molar-refractivity contribution is -0.143. The van der Waals surface area contributed by atoms with Gasteiger partial charge in [0.05, 0.1) is 18.5 Å². The minimum atomic E-state index is -0.255. The minimum absolute atomic E-state index is 0.0199. The largest absolute Gasteiger partial charge is 0.467 e. The number of rotatable bonds is 8. The fourth-order valence-corrected chi connectivity index (χ4v) is 3.86. The number of benzene rings is 1. The van der Waals surface area contributed by atoms with Crippen molar-refractivity contribution in [1.82, 2.24) is 20.0 Å². The molecule has 0 N–H and O–H groups in total. The zero-order chi connectivity index (χ0) is 23.9. The maximum atomic E-state index is 12.9. The summed E-state index contributed by atoms with van der Waals surface area (Å²) in [5, 5.41) is 8.78. The molecule has 3 heterocycles. The number of carbonyl (C=O) groups excluding carboxylic acids is 2. The lowest BCUT2D eigenvalue weighted by atomic mass is 10.1. The Kier molecular flexibility index (Phi) is 7.54. The molecule has 1 aromatic carbocycles. The molecule has 0 radical (unpaired) electrons. The van der Waals surface area contributed by atoms with Crippen LogP contribution in [0.4, 0.5) is 5.82 Å². The maximum absolute atomic E-state index is 12.9. The summed E-state index contributed by atoms with van der Waals surface area (Å²) in [5.41, 5.74) is 3.06. The monoisotopic (exact) mass is 463 g/mol. The number of amides is 2. The topological polar surface area (TPSA) is 92.0 Å². The molecule has 3 aromatic rings. The van der Waals surface area contributed by atoms with Crippen LogP contribution in [0, 0.1) is 6.92 Å². The molecule has 9 nitrogen and oxygen atoms in total. The zero-order valence-corrected chi connectivity index (χ0v) is 19.5. The number of aromatic nitrogens is 2. The summed E-state index contributed by atoms with van der Waals surface area (Å²) in [6.07, 6.45) is 1.55. The number of hydrogen-bond acceptors (Lipinski definition) is 7. The molecule has 1 aliphatic heterocycles. The van der Waals surface area contributed by atoms with Crippen LogP contribution in [0.3, 0.4) is 0 Å². The first kappa shape index (κ1) is 23.4. The summed E-state index contributed by atoms with van der Waals surface area (Å²) in [6, 6.07) is 15.7. The molecule has 0 atom stereocenters. The van der Waals surface area contributed by atoms with Gasteiger partial charge in [-0.3, -0.25) is 9.59 Å². The molecule has 1 fully saturated rings. The van der Waals surface area contributed by atoms with Crippen LogP contribution >= 0.6 is 0 Å². The maximum Gasteiger partial charge on any atom is 0.249 e. The number of nitrogens with zero attached hydrogens (tertiary/aromatic N) is 5. The molecular formula is C25H29N5O4. The van der Waals surface area contributed by atoms with Crippen molar-refractivity contribution in [2.24, 2.45) is 0 Å². The van der Waals surface area contributed by atoms with Gasteiger partial charge in [-0.05, 0) is 31.2 Å². The predicted molar refractivity (Wildman–Crippen MR) is 127 cm³/mol. The second-order valence-corrected chi connectivity index (χ2v) is 8.27. The summed E-state index contributed by atoms with van der Waals surface area (Å²) >= 11 is 0. The van der Waals surface area contributed by atoms with Crippen molar-refractivity contribution in [2.45, 2.75) is 13.5 Å². The van der Waals surface area contributed by atoms with Gasteiger partial charge >= 0.3 is 0 Å². The normalized spacial score (nSPS) is 13.7. The number of hydrogen-bond donors (Lipinski definition) is 0. The smallest absolute Gasteiger partial charge is 0.249 e. The van der Waals surface area contributed by atoms with Crippen molar-refractivity contribution in [1.29, 1.82) is 0 Å². The third kappa shape index (κ3) is 5.79. The molecular weight excluding hydrogens is 434 g/mol. The number of furan rings is 1. The van der Waals surface area contributed by atoms with E-state index in [9.17, 15) is 9.59 Å². The number of aryl methyl sites for hydroxylation is 1. The van der Waals surface area contributed by atoms with Crippen LogP contribution < -0.4 is 4.90 Å². The zero-order valence-electron chi connectivity index (χ0n) is 19.5. The SMILES string of the molecule is COCC(=O)N(CC(=O)N1CCN(c2ccc(-c3ccc(C)cc3)nn2)CC1)Cc1ccco1. The second-order valence-electron chi connectivity index (χ2n) is 8.27. The van der Waals surface area contributed by atoms with Crippen molar-refractivity contribution in [3.63, 3.8) is 0 Å². The number of anilines is 1. The summed E-state index contributed by atoms with van der Waals surface area (Å²) in [6.45, 7) is 4.57. The van der Waals surface area contributed by atoms with Gasteiger partial charge in [-0.25, -0.2) is 0 Å². The molecule has 0 spiro atoms. The highest BCUT2D eigenvalue weighted by molar-refractivity contribution is 5.85. The van der Waals surface area contributed by atoms with E-state index < -0.39 is 0 Å². The fourth-order valence-electron chi connectivity index (χ4n) is 3.86. The van der Waals surface area contributed by atoms with Gasteiger partial charge in [0.2, 0.25) is 11.8 Å². The van der Waals surface area contributed by atoms with Crippen LogP contribution in [-0.2, 0) is 20.9 Å². The molecule has 2 amide bonds. The summed E-state index contributed by atoms with van der Waals surface area (Å²) in [5.74, 6) is 1.05. The molecule has 0 unspecified atom stereocenters. The first-order valence-corrected chi connectivity index (χ1v) is 11.3. The lowest BCUT2D eigenvalue weighted by Crippen LogP contribution is -2.52. The number of piperazine rings is 1. The molecule has 0 bridgehead atoms. The Morgan fingerprint density at radius 2 is 1.79 bits per heavy atom. The van der Waals surface area contributed by atoms with Gasteiger partial charge in [0.1, 0.15) is 18.9 Å². The number of ether oxygens (including phenoxy) is 1. The van der Waals surface area contributed by atoms with Gasteiger partial charge in [-0.15, -0.1) is 10.2 Å². The highest BCUT2D eigenvalue weighted by Crippen LogP contribution is 2.20. The van der Waals surface area contributed by atoms with E-state index in [0.29, 0.717) is 31.9 Å². The quantitative estimate of drug-likeness (QED) is 0.506. The van der Waals surface area contributed by atoms with E-state index in [-0.39, 0.29) is 31.5 Å². The van der Waals surface area contributed by atoms with Gasteiger partial charge in [-0.2, -0.15) is 0 Å². The standard InChI is InChI=1S/C25H29N5O4/c1-19-5-7-20(8-6-19)22-9-10-23(27-26-22)28-11-13-29(14-12-28)24(31)17-30(25(32)18-33-2)16-21-4-3-15-34-21/h3-10,15H,11-14,16-18H2,1-2H3. The van der Waals surface area contributed by atoms with Gasteiger partial charge in [0.15, 0.2) is 5.82 Å². The third-order valence-electron chi connectivity index (χ3n) is 5.83. The van der Waals surface area contributed by atoms with Crippen molar-refractivity contribution in [3.8, 4) is 11.3 Å². The van der Waals surface area contributed by atoms with Gasteiger partial charge in [0.25, 0.3) is 0 Å². The molecule has 178 valence electrons. The Morgan fingerprint density at radius 3 is 2.41 bits per heavy atom. The van der Waals surface area contributed by atoms with Crippen LogP contribution in [-0.4, -0.2) is 78.3 Å². The van der Waals surface area contributed by atoms with E-state index in [4.69, 9.17) is 9.15 Å². The second kappa shape index (κ2) is 10.9. The van der Waals surface area contributed by atoms with Crippen molar-refractivity contribution < 1.29 is 18.7 Å². The number of methoxy groups -OCH3 is 1. The van der Waals surface area contributed by atoms with E-state index in [1.54, 1.807) is 23.3 Å². The highest BCUT2D eigenvalue weighted by Gasteiger charge is 2.26. The molecule has 0 saturated carbocycles. The Bertz CT molecular complexity index is 1080. The van der Waals surface area contributed by atoms with Gasteiger partial charge in [-0.1, -0.05) is 29.8 Å². The fraction of sp³-hybridized carbons (Fsp3) is 0.360. The Labute approximate surface area is 198 Å². The summed E-state index contributed by atoms with van der Waals surface area (Å²) in [7, 11) is 1.46. The average molecular weight is 464 g/mol. The Hall–Kier alpha value is -3.72. The molecule has 2 aromatic heterocycles. The first-order chi connectivity index (χ1) is 16.5. The molecule has 34 heavy (non-hydrogen) atoms. The summed E-state index contributed by atoms with van der Waals surface area (Å²) in [4.78, 5) is 30.7. The molecule has 4 rings (SSSR count). The van der Waals surface area contributed by atoms with Gasteiger partial charge in [0, 0.05) is 38.9 Å². The van der Waals surface area contributed by atoms with Crippen LogP contribution in [0.25, 0.3) is 11.3 Å². The average Bonchev–Trinajstić information content (AvgIpc) is 3.38. The minimum Gasteiger partial charge on any atom is -0.467 e. The van der Waals surface area contributed by atoms with E-state index >= 15 is 0 Å². The summed E-state index contributed by atoms with van der Waals surface area (Å²) < 4.78 is 10.3. The lowest BCUT2D eigenvalue weighted by Gasteiger charge is -2.36. The van der Waals surface area contributed by atoms with Crippen LogP contribution in [0.2, 0.25) is 0 Å². The molecule has 1 aliphatic rings. The third-order valence-corrected chi connectivity index (χ3v) is 5.83. The van der Waals surface area contributed by atoms with E-state index in [0.717, 1.165) is 17.1 Å². The van der Waals surface area contributed by atoms with Crippen molar-refractivity contribution in [3.05, 3.63) is 66.1 Å². The number of carbonyl (C=O) groups is 2. The van der Waals surface area contributed by atoms with Crippen molar-refractivity contribution >= 4 is 17.6 Å². The van der Waals surface area contributed by atoms with Crippen LogP contribution in [0.5, 0.6) is 0 Å². The molecule has 9 heteroatoms. The van der Waals surface area contributed by atoms with Crippen LogP contribution in [0.15, 0.2) is 59.2 Å². The molecule has 1 saturated heterocycles. The van der Waals surface area contributed by atoms with Crippen LogP contribution in [0.1, 0.15) is 11.3 Å². The van der Waals surface area contributed by atoms with Crippen molar-refractivity contribution in [2.75, 3.05) is 51.3 Å². The van der Waals surface area contributed by atoms with E-state index in [1.807, 2.05) is 24.3 Å².